The van der Waals surface area contributed by atoms with Gasteiger partial charge in [0.2, 0.25) is 0 Å². The van der Waals surface area contributed by atoms with E-state index < -0.39 is 0 Å². The van der Waals surface area contributed by atoms with Gasteiger partial charge in [0, 0.05) is 24.7 Å². The van der Waals surface area contributed by atoms with E-state index in [1.54, 1.807) is 11.3 Å². The molecule has 198 valence electrons. The second kappa shape index (κ2) is 9.61. The number of aromatic nitrogens is 3. The minimum Gasteiger partial charge on any atom is -0.349 e. The number of likely N-dealkylation sites (tertiary alicyclic amines) is 1. The predicted octanol–water partition coefficient (Wildman–Crippen LogP) is 5.67. The average Bonchev–Trinajstić information content (AvgIpc) is 3.66. The Kier molecular flexibility index (Phi) is 6.39. The van der Waals surface area contributed by atoms with Crippen LogP contribution in [0, 0.1) is 45.4 Å². The van der Waals surface area contributed by atoms with Gasteiger partial charge in [0.1, 0.15) is 11.4 Å². The Morgan fingerprint density at radius 1 is 1.11 bits per heavy atom. The molecule has 1 saturated heterocycles. The smallest absolute Gasteiger partial charge is 0.274 e. The van der Waals surface area contributed by atoms with Gasteiger partial charge in [-0.3, -0.25) is 14.0 Å². The first-order valence-electron chi connectivity index (χ1n) is 13.3. The van der Waals surface area contributed by atoms with Gasteiger partial charge in [-0.2, -0.15) is 0 Å². The number of fused-ring (bicyclic) bond motifs is 2. The third-order valence-electron chi connectivity index (χ3n) is 8.40. The molecule has 2 amide bonds. The van der Waals surface area contributed by atoms with Crippen LogP contribution in [0.3, 0.4) is 0 Å². The van der Waals surface area contributed by atoms with Crippen molar-refractivity contribution in [3.05, 3.63) is 63.0 Å². The molecule has 4 aromatic rings. The lowest BCUT2D eigenvalue weighted by Gasteiger charge is -2.28. The molecule has 2 aliphatic rings. The topological polar surface area (TPSA) is 79.6 Å². The van der Waals surface area contributed by atoms with Crippen molar-refractivity contribution in [2.24, 2.45) is 17.8 Å². The molecule has 6 rings (SSSR count). The molecule has 9 heteroatoms. The predicted molar refractivity (Wildman–Crippen MR) is 152 cm³/mol. The number of imidazole rings is 1. The number of rotatable bonds is 5. The number of nitrogens with zero attached hydrogens (tertiary/aromatic N) is 4. The molecule has 4 atom stereocenters. The zero-order valence-electron chi connectivity index (χ0n) is 22.4. The Hall–Kier alpha value is -3.04. The average molecular weight is 548 g/mol. The number of hydrogen-bond acceptors (Lipinski definition) is 6. The number of carbonyl (C=O) groups is 2. The van der Waals surface area contributed by atoms with E-state index in [-0.39, 0.29) is 17.9 Å². The molecular weight excluding hydrogens is 514 g/mol. The minimum absolute atomic E-state index is 0.0235. The van der Waals surface area contributed by atoms with E-state index in [2.05, 4.69) is 49.3 Å². The van der Waals surface area contributed by atoms with E-state index >= 15 is 0 Å². The lowest BCUT2D eigenvalue weighted by Crippen LogP contribution is -2.46. The van der Waals surface area contributed by atoms with Crippen LogP contribution < -0.4 is 5.32 Å². The molecule has 0 spiro atoms. The zero-order valence-corrected chi connectivity index (χ0v) is 24.1. The third-order valence-corrected chi connectivity index (χ3v) is 10.2. The standard InChI is InChI=1S/C29H33N5O2S2/c1-15-10-21-14-34(28(36)24-26(38-19(5)32-24)20-7-6-16(2)17(3)12-20)23(22(21)11-15)13-30-27(35)25-18(4)31-29-33(25)8-9-37-29/h6-9,12,15,21-23H,10-11,13-14H2,1-5H3,(H,30,35)/t15?,21-,22-,23+/m0/s1. The maximum absolute atomic E-state index is 14.1. The SMILES string of the molecule is Cc1nc(C(=O)N2C[C@@H]3CC(C)C[C@@H]3[C@H]2CNC(=O)c2c(C)nc3sccn23)c(-c2ccc(C)c(C)c2)s1. The minimum atomic E-state index is -0.143. The summed E-state index contributed by atoms with van der Waals surface area (Å²) in [6.45, 7) is 11.5. The van der Waals surface area contributed by atoms with Crippen LogP contribution in [0.4, 0.5) is 0 Å². The molecule has 0 radical (unpaired) electrons. The Balaban J connectivity index is 1.29. The fourth-order valence-corrected chi connectivity index (χ4v) is 8.14. The Morgan fingerprint density at radius 2 is 1.92 bits per heavy atom. The maximum Gasteiger partial charge on any atom is 0.274 e. The van der Waals surface area contributed by atoms with Gasteiger partial charge >= 0.3 is 0 Å². The van der Waals surface area contributed by atoms with Crippen molar-refractivity contribution < 1.29 is 9.59 Å². The number of nitrogens with one attached hydrogen (secondary N) is 1. The lowest BCUT2D eigenvalue weighted by atomic mass is 9.93. The number of amides is 2. The summed E-state index contributed by atoms with van der Waals surface area (Å²) >= 11 is 3.09. The first kappa shape index (κ1) is 25.2. The van der Waals surface area contributed by atoms with Crippen molar-refractivity contribution in [2.45, 2.75) is 53.5 Å². The summed E-state index contributed by atoms with van der Waals surface area (Å²) in [5.41, 5.74) is 5.29. The number of carbonyl (C=O) groups excluding carboxylic acids is 2. The van der Waals surface area contributed by atoms with Crippen LogP contribution in [0.1, 0.15) is 62.6 Å². The Morgan fingerprint density at radius 3 is 2.71 bits per heavy atom. The van der Waals surface area contributed by atoms with Crippen molar-refractivity contribution in [2.75, 3.05) is 13.1 Å². The molecule has 1 N–H and O–H groups in total. The van der Waals surface area contributed by atoms with E-state index in [4.69, 9.17) is 4.98 Å². The van der Waals surface area contributed by atoms with Crippen molar-refractivity contribution in [1.82, 2.24) is 24.6 Å². The van der Waals surface area contributed by atoms with Gasteiger partial charge < -0.3 is 10.2 Å². The van der Waals surface area contributed by atoms with Crippen LogP contribution in [0.2, 0.25) is 0 Å². The van der Waals surface area contributed by atoms with Crippen LogP contribution in [0.5, 0.6) is 0 Å². The first-order chi connectivity index (χ1) is 18.2. The van der Waals surface area contributed by atoms with Crippen LogP contribution in [-0.2, 0) is 0 Å². The molecule has 1 unspecified atom stereocenters. The summed E-state index contributed by atoms with van der Waals surface area (Å²) in [6, 6.07) is 6.29. The van der Waals surface area contributed by atoms with Crippen LogP contribution >= 0.6 is 22.7 Å². The van der Waals surface area contributed by atoms with E-state index in [1.807, 2.05) is 34.7 Å². The second-order valence-corrected chi connectivity index (χ2v) is 13.1. The molecule has 1 saturated carbocycles. The van der Waals surface area contributed by atoms with Crippen LogP contribution in [0.25, 0.3) is 15.4 Å². The van der Waals surface area contributed by atoms with Gasteiger partial charge in [-0.05, 0) is 75.0 Å². The molecule has 1 aliphatic carbocycles. The highest BCUT2D eigenvalue weighted by Crippen LogP contribution is 2.46. The van der Waals surface area contributed by atoms with E-state index in [9.17, 15) is 9.59 Å². The number of hydrogen-bond donors (Lipinski definition) is 1. The quantitative estimate of drug-likeness (QED) is 0.349. The van der Waals surface area contributed by atoms with Gasteiger partial charge in [-0.1, -0.05) is 25.1 Å². The lowest BCUT2D eigenvalue weighted by molar-refractivity contribution is 0.0692. The van der Waals surface area contributed by atoms with E-state index in [0.29, 0.717) is 35.7 Å². The van der Waals surface area contributed by atoms with Crippen LogP contribution in [-0.4, -0.2) is 50.2 Å². The number of aryl methyl sites for hydroxylation is 4. The summed E-state index contributed by atoms with van der Waals surface area (Å²) in [7, 11) is 0. The maximum atomic E-state index is 14.1. The normalized spacial score (nSPS) is 22.8. The highest BCUT2D eigenvalue weighted by molar-refractivity contribution is 7.15. The zero-order chi connectivity index (χ0) is 26.7. The third kappa shape index (κ3) is 4.25. The summed E-state index contributed by atoms with van der Waals surface area (Å²) in [5, 5.41) is 5.99. The molecule has 7 nitrogen and oxygen atoms in total. The highest BCUT2D eigenvalue weighted by atomic mass is 32.1. The first-order valence-corrected chi connectivity index (χ1v) is 15.0. The van der Waals surface area contributed by atoms with Gasteiger partial charge in [0.15, 0.2) is 4.96 Å². The van der Waals surface area contributed by atoms with Gasteiger partial charge in [0.05, 0.1) is 21.6 Å². The molecule has 0 bridgehead atoms. The van der Waals surface area contributed by atoms with Crippen LogP contribution in [0.15, 0.2) is 29.8 Å². The molecule has 1 aromatic carbocycles. The van der Waals surface area contributed by atoms with Crippen molar-refractivity contribution >= 4 is 39.4 Å². The Bertz CT molecular complexity index is 1550. The Labute approximate surface area is 230 Å². The van der Waals surface area contributed by atoms with Gasteiger partial charge in [0.25, 0.3) is 11.8 Å². The summed E-state index contributed by atoms with van der Waals surface area (Å²) < 4.78 is 1.85. The number of thiazole rings is 2. The molecule has 38 heavy (non-hydrogen) atoms. The van der Waals surface area contributed by atoms with Crippen molar-refractivity contribution in [1.29, 1.82) is 0 Å². The summed E-state index contributed by atoms with van der Waals surface area (Å²) in [5.74, 6) is 1.31. The highest BCUT2D eigenvalue weighted by Gasteiger charge is 2.48. The number of benzene rings is 1. The van der Waals surface area contributed by atoms with Gasteiger partial charge in [-0.25, -0.2) is 9.97 Å². The van der Waals surface area contributed by atoms with Gasteiger partial charge in [-0.15, -0.1) is 22.7 Å². The fourth-order valence-electron chi connectivity index (χ4n) is 6.48. The molecular formula is C29H33N5O2S2. The summed E-state index contributed by atoms with van der Waals surface area (Å²) in [6.07, 6.45) is 4.08. The molecule has 1 aliphatic heterocycles. The monoisotopic (exact) mass is 547 g/mol. The second-order valence-electron chi connectivity index (χ2n) is 11.0. The molecule has 2 fully saturated rings. The van der Waals surface area contributed by atoms with E-state index in [1.165, 1.54) is 22.5 Å². The molecule has 4 heterocycles. The summed E-state index contributed by atoms with van der Waals surface area (Å²) in [4.78, 5) is 40.5. The molecule has 3 aromatic heterocycles. The fraction of sp³-hybridized carbons (Fsp3) is 0.448. The van der Waals surface area contributed by atoms with Crippen molar-refractivity contribution in [3.8, 4) is 10.4 Å². The largest absolute Gasteiger partial charge is 0.349 e. The van der Waals surface area contributed by atoms with E-state index in [0.717, 1.165) is 45.5 Å². The van der Waals surface area contributed by atoms with Crippen molar-refractivity contribution in [3.63, 3.8) is 0 Å².